The molecule has 0 spiro atoms. The minimum Gasteiger partial charge on any atom is -0.477 e. The Kier molecular flexibility index (Phi) is 4.17. The summed E-state index contributed by atoms with van der Waals surface area (Å²) in [7, 11) is -1.65. The quantitative estimate of drug-likeness (QED) is 0.841. The van der Waals surface area contributed by atoms with Crippen molar-refractivity contribution in [1.29, 1.82) is 0 Å². The molecule has 0 bridgehead atoms. The number of carboxylic acid groups (broad SMARTS) is 1. The molecular formula is C12H19N3O4S. The van der Waals surface area contributed by atoms with Crippen molar-refractivity contribution in [2.24, 2.45) is 0 Å². The number of rotatable bonds is 4. The highest BCUT2D eigenvalue weighted by Crippen LogP contribution is 2.21. The number of aromatic nitrogens is 1. The minimum atomic E-state index is -3.63. The maximum Gasteiger partial charge on any atom is 0.352 e. The first kappa shape index (κ1) is 15.0. The standard InChI is InChI=1S/C12H19N3O4S/c1-3-9-8-15(5-4-14(9)2)20(18,19)10-6-11(12(16)17)13-7-10/h6-7,9,13H,3-5,8H2,1-2H3,(H,16,17). The molecule has 1 aromatic heterocycles. The van der Waals surface area contributed by atoms with Gasteiger partial charge in [0.15, 0.2) is 0 Å². The number of nitrogens with zero attached hydrogens (tertiary/aromatic N) is 2. The molecule has 0 amide bonds. The summed E-state index contributed by atoms with van der Waals surface area (Å²) in [5.41, 5.74) is -0.121. The van der Waals surface area contributed by atoms with Gasteiger partial charge in [-0.15, -0.1) is 0 Å². The van der Waals surface area contributed by atoms with Crippen LogP contribution in [0.2, 0.25) is 0 Å². The summed E-state index contributed by atoms with van der Waals surface area (Å²) < 4.78 is 26.4. The largest absolute Gasteiger partial charge is 0.477 e. The van der Waals surface area contributed by atoms with Gasteiger partial charge in [-0.05, 0) is 19.5 Å². The predicted molar refractivity (Wildman–Crippen MR) is 73.2 cm³/mol. The lowest BCUT2D eigenvalue weighted by Crippen LogP contribution is -2.52. The number of H-pyrrole nitrogens is 1. The SMILES string of the molecule is CCC1CN(S(=O)(=O)c2c[nH]c(C(=O)O)c2)CCN1C. The lowest BCUT2D eigenvalue weighted by molar-refractivity contribution is 0.0691. The summed E-state index contributed by atoms with van der Waals surface area (Å²) in [4.78, 5) is 15.4. The van der Waals surface area contributed by atoms with Crippen molar-refractivity contribution in [3.05, 3.63) is 18.0 Å². The maximum atomic E-state index is 12.5. The van der Waals surface area contributed by atoms with Crippen molar-refractivity contribution in [3.63, 3.8) is 0 Å². The Hall–Kier alpha value is -1.38. The van der Waals surface area contributed by atoms with Gasteiger partial charge in [-0.2, -0.15) is 4.31 Å². The zero-order valence-electron chi connectivity index (χ0n) is 11.5. The molecule has 0 saturated carbocycles. The monoisotopic (exact) mass is 301 g/mol. The Morgan fingerprint density at radius 2 is 2.20 bits per heavy atom. The summed E-state index contributed by atoms with van der Waals surface area (Å²) in [5, 5.41) is 8.84. The summed E-state index contributed by atoms with van der Waals surface area (Å²) in [6.07, 6.45) is 2.11. The van der Waals surface area contributed by atoms with Gasteiger partial charge in [0.25, 0.3) is 0 Å². The summed E-state index contributed by atoms with van der Waals surface area (Å²) in [5.74, 6) is -1.17. The fraction of sp³-hybridized carbons (Fsp3) is 0.583. The smallest absolute Gasteiger partial charge is 0.352 e. The second-order valence-electron chi connectivity index (χ2n) is 4.96. The molecule has 1 saturated heterocycles. The van der Waals surface area contributed by atoms with E-state index < -0.39 is 16.0 Å². The van der Waals surface area contributed by atoms with Gasteiger partial charge in [0.2, 0.25) is 10.0 Å². The van der Waals surface area contributed by atoms with E-state index in [-0.39, 0.29) is 16.6 Å². The molecule has 1 atom stereocenters. The first-order valence-corrected chi connectivity index (χ1v) is 7.92. The van der Waals surface area contributed by atoms with E-state index in [1.54, 1.807) is 0 Å². The number of nitrogens with one attached hydrogen (secondary N) is 1. The van der Waals surface area contributed by atoms with E-state index in [0.717, 1.165) is 12.5 Å². The molecular weight excluding hydrogens is 282 g/mol. The Bertz CT molecular complexity index is 596. The van der Waals surface area contributed by atoms with Crippen molar-refractivity contribution in [2.45, 2.75) is 24.3 Å². The van der Waals surface area contributed by atoms with Crippen LogP contribution in [0.25, 0.3) is 0 Å². The highest BCUT2D eigenvalue weighted by Gasteiger charge is 2.32. The number of hydrogen-bond acceptors (Lipinski definition) is 4. The zero-order chi connectivity index (χ0) is 14.9. The van der Waals surface area contributed by atoms with Crippen molar-refractivity contribution in [1.82, 2.24) is 14.2 Å². The highest BCUT2D eigenvalue weighted by atomic mass is 32.2. The maximum absolute atomic E-state index is 12.5. The number of carboxylic acids is 1. The summed E-state index contributed by atoms with van der Waals surface area (Å²) in [6.45, 7) is 3.55. The van der Waals surface area contributed by atoms with E-state index in [1.165, 1.54) is 10.5 Å². The molecule has 1 aliphatic rings. The van der Waals surface area contributed by atoms with Crippen molar-refractivity contribution in [2.75, 3.05) is 26.7 Å². The Balaban J connectivity index is 2.23. The summed E-state index contributed by atoms with van der Waals surface area (Å²) in [6, 6.07) is 1.35. The normalized spacial score (nSPS) is 22.0. The van der Waals surface area contributed by atoms with Crippen molar-refractivity contribution < 1.29 is 18.3 Å². The molecule has 0 aliphatic carbocycles. The first-order chi connectivity index (χ1) is 9.36. The van der Waals surface area contributed by atoms with Crippen LogP contribution in [0, 0.1) is 0 Å². The Morgan fingerprint density at radius 3 is 2.75 bits per heavy atom. The molecule has 20 heavy (non-hydrogen) atoms. The number of hydrogen-bond donors (Lipinski definition) is 2. The van der Waals surface area contributed by atoms with Crippen LogP contribution in [0.3, 0.4) is 0 Å². The lowest BCUT2D eigenvalue weighted by Gasteiger charge is -2.38. The van der Waals surface area contributed by atoms with E-state index in [0.29, 0.717) is 19.6 Å². The lowest BCUT2D eigenvalue weighted by atomic mass is 10.1. The van der Waals surface area contributed by atoms with Gasteiger partial charge in [0, 0.05) is 31.9 Å². The third kappa shape index (κ3) is 2.72. The molecule has 1 aromatic rings. The number of aromatic amines is 1. The number of aromatic carboxylic acids is 1. The first-order valence-electron chi connectivity index (χ1n) is 6.48. The van der Waals surface area contributed by atoms with Gasteiger partial charge < -0.3 is 15.0 Å². The molecule has 112 valence electrons. The fourth-order valence-electron chi connectivity index (χ4n) is 2.37. The molecule has 1 unspecified atom stereocenters. The Labute approximate surface area is 118 Å². The number of sulfonamides is 1. The van der Waals surface area contributed by atoms with Crippen molar-refractivity contribution >= 4 is 16.0 Å². The molecule has 1 aliphatic heterocycles. The number of piperazine rings is 1. The number of likely N-dealkylation sites (N-methyl/N-ethyl adjacent to an activating group) is 1. The topological polar surface area (TPSA) is 93.7 Å². The third-order valence-electron chi connectivity index (χ3n) is 3.74. The summed E-state index contributed by atoms with van der Waals surface area (Å²) >= 11 is 0. The second kappa shape index (κ2) is 5.55. The van der Waals surface area contributed by atoms with Crippen LogP contribution in [0.5, 0.6) is 0 Å². The molecule has 2 N–H and O–H groups in total. The van der Waals surface area contributed by atoms with E-state index >= 15 is 0 Å². The van der Waals surface area contributed by atoms with Gasteiger partial charge >= 0.3 is 5.97 Å². The van der Waals surface area contributed by atoms with E-state index in [4.69, 9.17) is 5.11 Å². The molecule has 8 heteroatoms. The Morgan fingerprint density at radius 1 is 1.50 bits per heavy atom. The van der Waals surface area contributed by atoms with Gasteiger partial charge in [0.05, 0.1) is 0 Å². The van der Waals surface area contributed by atoms with Crippen LogP contribution >= 0.6 is 0 Å². The van der Waals surface area contributed by atoms with E-state index in [2.05, 4.69) is 9.88 Å². The average molecular weight is 301 g/mol. The van der Waals surface area contributed by atoms with Crippen molar-refractivity contribution in [3.8, 4) is 0 Å². The fourth-order valence-corrected chi connectivity index (χ4v) is 3.84. The van der Waals surface area contributed by atoms with Crippen LogP contribution in [0.1, 0.15) is 23.8 Å². The minimum absolute atomic E-state index is 0.00862. The third-order valence-corrected chi connectivity index (χ3v) is 5.58. The molecule has 2 heterocycles. The van der Waals surface area contributed by atoms with Gasteiger partial charge in [-0.25, -0.2) is 13.2 Å². The molecule has 1 fully saturated rings. The second-order valence-corrected chi connectivity index (χ2v) is 6.90. The van der Waals surface area contributed by atoms with Crippen LogP contribution in [0.15, 0.2) is 17.2 Å². The molecule has 7 nitrogen and oxygen atoms in total. The predicted octanol–water partition coefficient (Wildman–Crippen LogP) is 0.428. The van der Waals surface area contributed by atoms with Crippen LogP contribution in [-0.2, 0) is 10.0 Å². The van der Waals surface area contributed by atoms with Gasteiger partial charge in [-0.3, -0.25) is 0 Å². The van der Waals surface area contributed by atoms with Crippen LogP contribution in [0.4, 0.5) is 0 Å². The van der Waals surface area contributed by atoms with E-state index in [9.17, 15) is 13.2 Å². The van der Waals surface area contributed by atoms with Crippen LogP contribution < -0.4 is 0 Å². The highest BCUT2D eigenvalue weighted by molar-refractivity contribution is 7.89. The number of carbonyl (C=O) groups is 1. The zero-order valence-corrected chi connectivity index (χ0v) is 12.4. The molecule has 0 radical (unpaired) electrons. The molecule has 0 aromatic carbocycles. The average Bonchev–Trinajstić information content (AvgIpc) is 2.89. The molecule has 2 rings (SSSR count). The van der Waals surface area contributed by atoms with Crippen LogP contribution in [-0.4, -0.2) is 66.4 Å². The van der Waals surface area contributed by atoms with Gasteiger partial charge in [-0.1, -0.05) is 6.92 Å². The van der Waals surface area contributed by atoms with Gasteiger partial charge in [0.1, 0.15) is 10.6 Å². The van der Waals surface area contributed by atoms with E-state index in [1.807, 2.05) is 14.0 Å².